The van der Waals surface area contributed by atoms with Gasteiger partial charge in [0, 0.05) is 23.0 Å². The molecule has 3 heteroatoms. The Hall–Kier alpha value is -0.380. The van der Waals surface area contributed by atoms with Crippen LogP contribution in [0.25, 0.3) is 0 Å². The first kappa shape index (κ1) is 14.0. The summed E-state index contributed by atoms with van der Waals surface area (Å²) in [7, 11) is 4.47. The molecule has 1 fully saturated rings. The Labute approximate surface area is 115 Å². The maximum Gasteiger partial charge on any atom is 0.0412 e. The Morgan fingerprint density at radius 2 is 2.11 bits per heavy atom. The molecule has 0 aromatic carbocycles. The molecule has 0 aliphatic heterocycles. The zero-order valence-electron chi connectivity index (χ0n) is 11.9. The van der Waals surface area contributed by atoms with Gasteiger partial charge in [0.1, 0.15) is 0 Å². The maximum atomic E-state index is 3.80. The van der Waals surface area contributed by atoms with Crippen molar-refractivity contribution in [2.45, 2.75) is 50.6 Å². The lowest BCUT2D eigenvalue weighted by atomic mass is 9.95. The standard InChI is InChI=1S/C15H26N2S/c1-4-13(14-8-7-11-18-14)16-12-15(17(2)3)9-5-6-10-15/h7-8,11,13,16H,4-6,9-10,12H2,1-3H3. The van der Waals surface area contributed by atoms with Crippen LogP contribution in [0.15, 0.2) is 17.5 Å². The molecule has 2 rings (SSSR count). The van der Waals surface area contributed by atoms with E-state index in [0.29, 0.717) is 11.6 Å². The van der Waals surface area contributed by atoms with Crippen molar-refractivity contribution in [1.82, 2.24) is 10.2 Å². The summed E-state index contributed by atoms with van der Waals surface area (Å²) in [4.78, 5) is 3.91. The minimum Gasteiger partial charge on any atom is -0.307 e. The molecule has 1 aromatic heterocycles. The smallest absolute Gasteiger partial charge is 0.0412 e. The molecule has 1 N–H and O–H groups in total. The molecule has 1 atom stereocenters. The number of likely N-dealkylation sites (N-methyl/N-ethyl adjacent to an activating group) is 1. The summed E-state index contributed by atoms with van der Waals surface area (Å²) >= 11 is 1.87. The van der Waals surface area contributed by atoms with E-state index < -0.39 is 0 Å². The van der Waals surface area contributed by atoms with Gasteiger partial charge in [-0.3, -0.25) is 0 Å². The second-order valence-electron chi connectivity index (χ2n) is 5.68. The predicted octanol–water partition coefficient (Wildman–Crippen LogP) is 3.66. The number of hydrogen-bond donors (Lipinski definition) is 1. The second kappa shape index (κ2) is 6.18. The van der Waals surface area contributed by atoms with Crippen LogP contribution in [-0.2, 0) is 0 Å². The van der Waals surface area contributed by atoms with Crippen LogP contribution < -0.4 is 5.32 Å². The molecule has 102 valence electrons. The van der Waals surface area contributed by atoms with E-state index in [9.17, 15) is 0 Å². The van der Waals surface area contributed by atoms with Gasteiger partial charge in [-0.2, -0.15) is 0 Å². The first-order valence-electron chi connectivity index (χ1n) is 7.12. The molecule has 0 spiro atoms. The van der Waals surface area contributed by atoms with Crippen molar-refractivity contribution < 1.29 is 0 Å². The van der Waals surface area contributed by atoms with Crippen LogP contribution in [0.1, 0.15) is 49.9 Å². The first-order chi connectivity index (χ1) is 8.68. The number of nitrogens with one attached hydrogen (secondary N) is 1. The molecule has 18 heavy (non-hydrogen) atoms. The molecule has 1 aliphatic carbocycles. The van der Waals surface area contributed by atoms with Gasteiger partial charge in [0.05, 0.1) is 0 Å². The number of hydrogen-bond acceptors (Lipinski definition) is 3. The van der Waals surface area contributed by atoms with Crippen molar-refractivity contribution in [2.24, 2.45) is 0 Å². The average molecular weight is 266 g/mol. The van der Waals surface area contributed by atoms with Crippen molar-refractivity contribution >= 4 is 11.3 Å². The van der Waals surface area contributed by atoms with Crippen LogP contribution in [0.2, 0.25) is 0 Å². The topological polar surface area (TPSA) is 15.3 Å². The third kappa shape index (κ3) is 2.95. The predicted molar refractivity (Wildman–Crippen MR) is 80.2 cm³/mol. The highest BCUT2D eigenvalue weighted by molar-refractivity contribution is 7.10. The van der Waals surface area contributed by atoms with Gasteiger partial charge in [-0.1, -0.05) is 25.8 Å². The quantitative estimate of drug-likeness (QED) is 0.845. The van der Waals surface area contributed by atoms with E-state index in [4.69, 9.17) is 0 Å². The van der Waals surface area contributed by atoms with Gasteiger partial charge in [-0.25, -0.2) is 0 Å². The van der Waals surface area contributed by atoms with Crippen LogP contribution in [0.3, 0.4) is 0 Å². The minimum absolute atomic E-state index is 0.394. The molecule has 1 unspecified atom stereocenters. The molecule has 0 amide bonds. The third-order valence-electron chi connectivity index (χ3n) is 4.46. The fourth-order valence-electron chi connectivity index (χ4n) is 3.06. The lowest BCUT2D eigenvalue weighted by Gasteiger charge is -2.37. The summed E-state index contributed by atoms with van der Waals surface area (Å²) in [6, 6.07) is 4.94. The van der Waals surface area contributed by atoms with Crippen LogP contribution in [-0.4, -0.2) is 31.1 Å². The molecule has 0 radical (unpaired) electrons. The van der Waals surface area contributed by atoms with Gasteiger partial charge in [0.25, 0.3) is 0 Å². The molecule has 1 aliphatic rings. The molecule has 0 saturated heterocycles. The van der Waals surface area contributed by atoms with E-state index >= 15 is 0 Å². The highest BCUT2D eigenvalue weighted by Crippen LogP contribution is 2.34. The van der Waals surface area contributed by atoms with E-state index in [1.165, 1.54) is 37.0 Å². The monoisotopic (exact) mass is 266 g/mol. The number of thiophene rings is 1. The third-order valence-corrected chi connectivity index (χ3v) is 5.44. The molecule has 2 nitrogen and oxygen atoms in total. The molecule has 0 bridgehead atoms. The Balaban J connectivity index is 1.96. The second-order valence-corrected chi connectivity index (χ2v) is 6.66. The van der Waals surface area contributed by atoms with Crippen LogP contribution in [0, 0.1) is 0 Å². The fourth-order valence-corrected chi connectivity index (χ4v) is 3.95. The van der Waals surface area contributed by atoms with Gasteiger partial charge in [-0.05, 0) is 44.8 Å². The van der Waals surface area contributed by atoms with Crippen LogP contribution in [0.4, 0.5) is 0 Å². The number of nitrogens with zero attached hydrogens (tertiary/aromatic N) is 1. The lowest BCUT2D eigenvalue weighted by molar-refractivity contribution is 0.149. The Bertz CT molecular complexity index is 339. The first-order valence-corrected chi connectivity index (χ1v) is 8.00. The van der Waals surface area contributed by atoms with E-state index in [1.54, 1.807) is 0 Å². The average Bonchev–Trinajstić information content (AvgIpc) is 3.00. The molecular weight excluding hydrogens is 240 g/mol. The summed E-state index contributed by atoms with van der Waals surface area (Å²) in [6.07, 6.45) is 6.62. The maximum absolute atomic E-state index is 3.80. The SMILES string of the molecule is CCC(NCC1(N(C)C)CCCC1)c1cccs1. The zero-order valence-corrected chi connectivity index (χ0v) is 12.7. The zero-order chi connectivity index (χ0) is 13.0. The lowest BCUT2D eigenvalue weighted by Crippen LogP contribution is -2.50. The van der Waals surface area contributed by atoms with Crippen molar-refractivity contribution in [3.8, 4) is 0 Å². The normalized spacial score (nSPS) is 20.4. The molecule has 1 aromatic rings. The highest BCUT2D eigenvalue weighted by atomic mass is 32.1. The Kier molecular flexibility index (Phi) is 4.82. The van der Waals surface area contributed by atoms with Gasteiger partial charge < -0.3 is 10.2 Å². The highest BCUT2D eigenvalue weighted by Gasteiger charge is 2.36. The summed E-state index contributed by atoms with van der Waals surface area (Å²) in [5.74, 6) is 0. The molecule has 1 heterocycles. The van der Waals surface area contributed by atoms with Crippen molar-refractivity contribution in [2.75, 3.05) is 20.6 Å². The van der Waals surface area contributed by atoms with E-state index in [1.807, 2.05) is 11.3 Å². The Morgan fingerprint density at radius 3 is 2.61 bits per heavy atom. The summed E-state index contributed by atoms with van der Waals surface area (Å²) < 4.78 is 0. The van der Waals surface area contributed by atoms with Crippen molar-refractivity contribution in [1.29, 1.82) is 0 Å². The van der Waals surface area contributed by atoms with E-state index in [2.05, 4.69) is 48.7 Å². The van der Waals surface area contributed by atoms with E-state index in [-0.39, 0.29) is 0 Å². The van der Waals surface area contributed by atoms with Crippen molar-refractivity contribution in [3.05, 3.63) is 22.4 Å². The summed E-state index contributed by atoms with van der Waals surface area (Å²) in [5.41, 5.74) is 0.394. The largest absolute Gasteiger partial charge is 0.307 e. The van der Waals surface area contributed by atoms with E-state index in [0.717, 1.165) is 6.54 Å². The van der Waals surface area contributed by atoms with Gasteiger partial charge in [0.15, 0.2) is 0 Å². The minimum atomic E-state index is 0.394. The van der Waals surface area contributed by atoms with Crippen molar-refractivity contribution in [3.63, 3.8) is 0 Å². The summed E-state index contributed by atoms with van der Waals surface area (Å²) in [6.45, 7) is 3.39. The van der Waals surface area contributed by atoms with Gasteiger partial charge in [-0.15, -0.1) is 11.3 Å². The molecular formula is C15H26N2S. The summed E-state index contributed by atoms with van der Waals surface area (Å²) in [5, 5.41) is 5.98. The van der Waals surface area contributed by atoms with Crippen LogP contribution in [0.5, 0.6) is 0 Å². The van der Waals surface area contributed by atoms with Gasteiger partial charge >= 0.3 is 0 Å². The fraction of sp³-hybridized carbons (Fsp3) is 0.733. The van der Waals surface area contributed by atoms with Gasteiger partial charge in [0.2, 0.25) is 0 Å². The number of rotatable bonds is 6. The van der Waals surface area contributed by atoms with Crippen LogP contribution >= 0.6 is 11.3 Å². The Morgan fingerprint density at radius 1 is 1.39 bits per heavy atom. The molecule has 1 saturated carbocycles.